The second-order valence-electron chi connectivity index (χ2n) is 5.46. The Kier molecular flexibility index (Phi) is 6.68. The van der Waals surface area contributed by atoms with Crippen LogP contribution in [0.4, 0.5) is 0 Å². The van der Waals surface area contributed by atoms with Gasteiger partial charge in [0, 0.05) is 13.1 Å². The number of carboxylic acid groups (broad SMARTS) is 1. The molecule has 0 heterocycles. The van der Waals surface area contributed by atoms with Crippen molar-refractivity contribution in [1.29, 1.82) is 0 Å². The lowest BCUT2D eigenvalue weighted by Gasteiger charge is -2.18. The molecule has 4 heteroatoms. The van der Waals surface area contributed by atoms with Gasteiger partial charge in [-0.15, -0.1) is 0 Å². The van der Waals surface area contributed by atoms with E-state index in [9.17, 15) is 4.79 Å². The maximum Gasteiger partial charge on any atom is 0.310 e. The molecule has 112 valence electrons. The number of ether oxygens (including phenoxy) is 1. The van der Waals surface area contributed by atoms with Crippen LogP contribution in [-0.4, -0.2) is 42.3 Å². The zero-order chi connectivity index (χ0) is 15.1. The smallest absolute Gasteiger partial charge is 0.310 e. The highest BCUT2D eigenvalue weighted by molar-refractivity contribution is 5.75. The van der Waals surface area contributed by atoms with E-state index in [0.29, 0.717) is 0 Å². The minimum atomic E-state index is -0.791. The molecule has 1 atom stereocenters. The van der Waals surface area contributed by atoms with Gasteiger partial charge in [0.2, 0.25) is 0 Å². The van der Waals surface area contributed by atoms with E-state index in [1.807, 2.05) is 38.1 Å². The van der Waals surface area contributed by atoms with Gasteiger partial charge in [0.1, 0.15) is 0 Å². The summed E-state index contributed by atoms with van der Waals surface area (Å²) in [5.41, 5.74) is 2.02. The van der Waals surface area contributed by atoms with E-state index >= 15 is 0 Å². The van der Waals surface area contributed by atoms with E-state index < -0.39 is 11.9 Å². The molecule has 0 aliphatic heterocycles. The standard InChI is InChI=1S/C16H25NO3/c1-12(2)20-10-9-17(4)11-14-5-7-15(8-6-14)13(3)16(18)19/h5-8,12-13H,9-11H2,1-4H3,(H,18,19). The zero-order valence-corrected chi connectivity index (χ0v) is 12.8. The summed E-state index contributed by atoms with van der Waals surface area (Å²) in [5, 5.41) is 8.97. The van der Waals surface area contributed by atoms with E-state index in [2.05, 4.69) is 11.9 Å². The van der Waals surface area contributed by atoms with Crippen molar-refractivity contribution in [2.75, 3.05) is 20.2 Å². The Balaban J connectivity index is 2.46. The van der Waals surface area contributed by atoms with Gasteiger partial charge in [-0.2, -0.15) is 0 Å². The minimum Gasteiger partial charge on any atom is -0.481 e. The largest absolute Gasteiger partial charge is 0.481 e. The molecule has 1 unspecified atom stereocenters. The molecule has 0 saturated heterocycles. The van der Waals surface area contributed by atoms with Crippen LogP contribution in [-0.2, 0) is 16.1 Å². The topological polar surface area (TPSA) is 49.8 Å². The fourth-order valence-corrected chi connectivity index (χ4v) is 1.89. The van der Waals surface area contributed by atoms with Crippen molar-refractivity contribution in [1.82, 2.24) is 4.90 Å². The van der Waals surface area contributed by atoms with Crippen molar-refractivity contribution in [3.05, 3.63) is 35.4 Å². The van der Waals surface area contributed by atoms with E-state index in [1.54, 1.807) is 6.92 Å². The molecule has 1 aromatic carbocycles. The first kappa shape index (κ1) is 16.7. The summed E-state index contributed by atoms with van der Waals surface area (Å²) < 4.78 is 5.52. The van der Waals surface area contributed by atoms with Crippen LogP contribution < -0.4 is 0 Å². The van der Waals surface area contributed by atoms with Crippen LogP contribution in [0.2, 0.25) is 0 Å². The van der Waals surface area contributed by atoms with Crippen molar-refractivity contribution in [2.45, 2.75) is 39.3 Å². The van der Waals surface area contributed by atoms with Gasteiger partial charge in [-0.25, -0.2) is 0 Å². The molecule has 1 rings (SSSR count). The molecule has 1 aromatic rings. The monoisotopic (exact) mass is 279 g/mol. The molecule has 4 nitrogen and oxygen atoms in total. The Labute approximate surface area is 121 Å². The molecule has 0 fully saturated rings. The van der Waals surface area contributed by atoms with Crippen LogP contribution >= 0.6 is 0 Å². The maximum absolute atomic E-state index is 10.9. The zero-order valence-electron chi connectivity index (χ0n) is 12.8. The highest BCUT2D eigenvalue weighted by atomic mass is 16.5. The summed E-state index contributed by atoms with van der Waals surface area (Å²) in [7, 11) is 2.05. The van der Waals surface area contributed by atoms with E-state index in [4.69, 9.17) is 9.84 Å². The van der Waals surface area contributed by atoms with Gasteiger partial charge in [0.25, 0.3) is 0 Å². The van der Waals surface area contributed by atoms with Crippen LogP contribution in [0.3, 0.4) is 0 Å². The van der Waals surface area contributed by atoms with Crippen molar-refractivity contribution >= 4 is 5.97 Å². The first-order valence-corrected chi connectivity index (χ1v) is 7.02. The molecule has 0 spiro atoms. The maximum atomic E-state index is 10.9. The molecule has 20 heavy (non-hydrogen) atoms. The quantitative estimate of drug-likeness (QED) is 0.795. The van der Waals surface area contributed by atoms with Crippen LogP contribution in [0.15, 0.2) is 24.3 Å². The number of hydrogen-bond donors (Lipinski definition) is 1. The summed E-state index contributed by atoms with van der Waals surface area (Å²) in [6.45, 7) is 8.20. The summed E-state index contributed by atoms with van der Waals surface area (Å²) >= 11 is 0. The lowest BCUT2D eigenvalue weighted by molar-refractivity contribution is -0.138. The van der Waals surface area contributed by atoms with Gasteiger partial charge in [0.15, 0.2) is 0 Å². The number of rotatable bonds is 8. The summed E-state index contributed by atoms with van der Waals surface area (Å²) in [6, 6.07) is 7.78. The third kappa shape index (κ3) is 5.72. The van der Waals surface area contributed by atoms with Crippen LogP contribution in [0.1, 0.15) is 37.8 Å². The van der Waals surface area contributed by atoms with Gasteiger partial charge in [-0.05, 0) is 38.9 Å². The van der Waals surface area contributed by atoms with Gasteiger partial charge < -0.3 is 9.84 Å². The van der Waals surface area contributed by atoms with Crippen LogP contribution in [0, 0.1) is 0 Å². The summed E-state index contributed by atoms with van der Waals surface area (Å²) in [5.74, 6) is -1.25. The van der Waals surface area contributed by atoms with E-state index in [0.717, 1.165) is 25.3 Å². The van der Waals surface area contributed by atoms with Crippen molar-refractivity contribution < 1.29 is 14.6 Å². The average molecular weight is 279 g/mol. The van der Waals surface area contributed by atoms with Crippen molar-refractivity contribution in [3.8, 4) is 0 Å². The lowest BCUT2D eigenvalue weighted by Crippen LogP contribution is -2.24. The second kappa shape index (κ2) is 8.02. The summed E-state index contributed by atoms with van der Waals surface area (Å²) in [6.07, 6.45) is 0.264. The number of aliphatic carboxylic acids is 1. The molecule has 0 aromatic heterocycles. The van der Waals surface area contributed by atoms with Gasteiger partial charge >= 0.3 is 5.97 Å². The molecule has 0 bridgehead atoms. The third-order valence-electron chi connectivity index (χ3n) is 3.23. The SMILES string of the molecule is CC(C)OCCN(C)Cc1ccc(C(C)C(=O)O)cc1. The van der Waals surface area contributed by atoms with Gasteiger partial charge in [-0.1, -0.05) is 24.3 Å². The normalized spacial score (nSPS) is 12.9. The molecule has 0 aliphatic carbocycles. The van der Waals surface area contributed by atoms with Gasteiger partial charge in [0.05, 0.1) is 18.6 Å². The highest BCUT2D eigenvalue weighted by Gasteiger charge is 2.13. The average Bonchev–Trinajstić information content (AvgIpc) is 2.38. The molecular weight excluding hydrogens is 254 g/mol. The molecule has 0 radical (unpaired) electrons. The molecule has 0 amide bonds. The third-order valence-corrected chi connectivity index (χ3v) is 3.23. The fourth-order valence-electron chi connectivity index (χ4n) is 1.89. The molecule has 0 aliphatic rings. The highest BCUT2D eigenvalue weighted by Crippen LogP contribution is 2.16. The lowest BCUT2D eigenvalue weighted by atomic mass is 10.00. The van der Waals surface area contributed by atoms with Crippen molar-refractivity contribution in [2.24, 2.45) is 0 Å². The van der Waals surface area contributed by atoms with E-state index in [1.165, 1.54) is 5.56 Å². The predicted octanol–water partition coefficient (Wildman–Crippen LogP) is 2.73. The number of nitrogens with zero attached hydrogens (tertiary/aromatic N) is 1. The Bertz CT molecular complexity index is 414. The Hall–Kier alpha value is -1.39. The Morgan fingerprint density at radius 3 is 2.35 bits per heavy atom. The Morgan fingerprint density at radius 1 is 1.25 bits per heavy atom. The number of carboxylic acids is 1. The fraction of sp³-hybridized carbons (Fsp3) is 0.562. The van der Waals surface area contributed by atoms with Crippen LogP contribution in [0.5, 0.6) is 0 Å². The van der Waals surface area contributed by atoms with Crippen molar-refractivity contribution in [3.63, 3.8) is 0 Å². The first-order chi connectivity index (χ1) is 9.40. The minimum absolute atomic E-state index is 0.264. The van der Waals surface area contributed by atoms with E-state index in [-0.39, 0.29) is 6.10 Å². The number of benzene rings is 1. The number of likely N-dealkylation sites (N-methyl/N-ethyl adjacent to an activating group) is 1. The Morgan fingerprint density at radius 2 is 1.85 bits per heavy atom. The van der Waals surface area contributed by atoms with Gasteiger partial charge in [-0.3, -0.25) is 9.69 Å². The molecular formula is C16H25NO3. The first-order valence-electron chi connectivity index (χ1n) is 7.02. The number of carbonyl (C=O) groups is 1. The molecule has 1 N–H and O–H groups in total. The number of hydrogen-bond acceptors (Lipinski definition) is 3. The van der Waals surface area contributed by atoms with Crippen LogP contribution in [0.25, 0.3) is 0 Å². The summed E-state index contributed by atoms with van der Waals surface area (Å²) in [4.78, 5) is 13.1. The second-order valence-corrected chi connectivity index (χ2v) is 5.46. The molecule has 0 saturated carbocycles. The predicted molar refractivity (Wildman–Crippen MR) is 79.9 cm³/mol.